The van der Waals surface area contributed by atoms with Crippen LogP contribution in [0.3, 0.4) is 0 Å². The van der Waals surface area contributed by atoms with Crippen LogP contribution in [0, 0.1) is 19.7 Å². The molecule has 4 rings (SSSR count). The minimum absolute atomic E-state index is 0.0295. The molecule has 0 spiro atoms. The molecule has 0 saturated carbocycles. The van der Waals surface area contributed by atoms with Gasteiger partial charge in [-0.15, -0.1) is 0 Å². The number of hydrogen-bond donors (Lipinski definition) is 0. The minimum Gasteiger partial charge on any atom is -0.450 e. The number of carbonyl (C=O) groups is 1. The largest absolute Gasteiger partial charge is 0.450 e. The first-order valence-electron chi connectivity index (χ1n) is 11.2. The molecule has 1 unspecified atom stereocenters. The second kappa shape index (κ2) is 8.87. The van der Waals surface area contributed by atoms with Gasteiger partial charge in [0.05, 0.1) is 17.0 Å². The van der Waals surface area contributed by atoms with E-state index in [9.17, 15) is 14.0 Å². The van der Waals surface area contributed by atoms with Crippen molar-refractivity contribution in [2.45, 2.75) is 40.2 Å². The molecule has 1 atom stereocenters. The van der Waals surface area contributed by atoms with E-state index < -0.39 is 11.9 Å². The molecule has 2 aromatic carbocycles. The summed E-state index contributed by atoms with van der Waals surface area (Å²) in [4.78, 5) is 30.9. The van der Waals surface area contributed by atoms with E-state index in [4.69, 9.17) is 4.42 Å². The Labute approximate surface area is 187 Å². The molecule has 0 aliphatic carbocycles. The molecule has 1 aliphatic rings. The van der Waals surface area contributed by atoms with Gasteiger partial charge in [0.1, 0.15) is 11.4 Å². The molecule has 0 fully saturated rings. The number of rotatable bonds is 7. The average molecular weight is 437 g/mol. The Hall–Kier alpha value is -2.99. The minimum atomic E-state index is -0.794. The molecule has 5 nitrogen and oxygen atoms in total. The van der Waals surface area contributed by atoms with Crippen molar-refractivity contribution in [3.05, 3.63) is 80.5 Å². The van der Waals surface area contributed by atoms with Crippen LogP contribution in [0.2, 0.25) is 0 Å². The Kier molecular flexibility index (Phi) is 6.15. The number of aryl methyl sites for hydroxylation is 2. The summed E-state index contributed by atoms with van der Waals surface area (Å²) in [5.41, 5.74) is 2.62. The first kappa shape index (κ1) is 22.2. The maximum absolute atomic E-state index is 14.9. The van der Waals surface area contributed by atoms with Crippen molar-refractivity contribution < 1.29 is 13.6 Å². The quantitative estimate of drug-likeness (QED) is 0.533. The van der Waals surface area contributed by atoms with E-state index in [-0.39, 0.29) is 22.7 Å². The molecule has 3 aromatic rings. The summed E-state index contributed by atoms with van der Waals surface area (Å²) in [6.07, 6.45) is 0.721. The first-order valence-corrected chi connectivity index (χ1v) is 11.2. The van der Waals surface area contributed by atoms with Gasteiger partial charge in [0.25, 0.3) is 5.91 Å². The molecule has 0 radical (unpaired) electrons. The topological polar surface area (TPSA) is 53.8 Å². The van der Waals surface area contributed by atoms with Crippen LogP contribution in [0.1, 0.15) is 59.1 Å². The monoisotopic (exact) mass is 436 g/mol. The summed E-state index contributed by atoms with van der Waals surface area (Å²) in [6, 6.07) is 9.13. The molecule has 1 amide bonds. The summed E-state index contributed by atoms with van der Waals surface area (Å²) in [5.74, 6) is -0.765. The highest BCUT2D eigenvalue weighted by Gasteiger charge is 2.43. The third-order valence-corrected chi connectivity index (χ3v) is 6.55. The van der Waals surface area contributed by atoms with Gasteiger partial charge in [-0.3, -0.25) is 9.59 Å². The van der Waals surface area contributed by atoms with Crippen molar-refractivity contribution in [3.63, 3.8) is 0 Å². The lowest BCUT2D eigenvalue weighted by Crippen LogP contribution is -2.33. The van der Waals surface area contributed by atoms with Gasteiger partial charge in [-0.05, 0) is 69.2 Å². The highest BCUT2D eigenvalue weighted by molar-refractivity contribution is 5.99. The van der Waals surface area contributed by atoms with Crippen molar-refractivity contribution in [2.75, 3.05) is 26.2 Å². The summed E-state index contributed by atoms with van der Waals surface area (Å²) >= 11 is 0. The van der Waals surface area contributed by atoms with E-state index in [0.717, 1.165) is 37.2 Å². The molecule has 32 heavy (non-hydrogen) atoms. The van der Waals surface area contributed by atoms with Gasteiger partial charge in [-0.1, -0.05) is 32.0 Å². The van der Waals surface area contributed by atoms with Crippen LogP contribution in [0.5, 0.6) is 0 Å². The first-order chi connectivity index (χ1) is 15.4. The predicted octanol–water partition coefficient (Wildman–Crippen LogP) is 4.83. The van der Waals surface area contributed by atoms with Crippen molar-refractivity contribution in [1.82, 2.24) is 9.80 Å². The standard InChI is InChI=1S/C26H29FN2O3/c1-5-28(6-2)12-9-13-29-23(18-10-7-8-11-20(18)27)22-24(30)19-14-16(3)17(4)15-21(19)32-25(22)26(29)31/h7-8,10-11,14-15,23H,5-6,9,12-13H2,1-4H3. The van der Waals surface area contributed by atoms with E-state index >= 15 is 0 Å². The normalized spacial score (nSPS) is 15.8. The predicted molar refractivity (Wildman–Crippen MR) is 124 cm³/mol. The summed E-state index contributed by atoms with van der Waals surface area (Å²) in [6.45, 7) is 11.1. The Morgan fingerprint density at radius 2 is 1.75 bits per heavy atom. The van der Waals surface area contributed by atoms with Crippen molar-refractivity contribution in [1.29, 1.82) is 0 Å². The van der Waals surface area contributed by atoms with Gasteiger partial charge < -0.3 is 14.2 Å². The highest BCUT2D eigenvalue weighted by Crippen LogP contribution is 2.39. The zero-order valence-corrected chi connectivity index (χ0v) is 19.1. The molecular weight excluding hydrogens is 407 g/mol. The van der Waals surface area contributed by atoms with E-state index in [1.54, 1.807) is 35.2 Å². The van der Waals surface area contributed by atoms with Gasteiger partial charge in [-0.25, -0.2) is 4.39 Å². The fourth-order valence-corrected chi connectivity index (χ4v) is 4.53. The Balaban J connectivity index is 1.84. The Bertz CT molecular complexity index is 1230. The van der Waals surface area contributed by atoms with E-state index in [1.807, 2.05) is 13.8 Å². The molecule has 0 saturated heterocycles. The molecule has 0 bridgehead atoms. The smallest absolute Gasteiger partial charge is 0.290 e. The van der Waals surface area contributed by atoms with E-state index in [1.165, 1.54) is 6.07 Å². The number of carbonyl (C=O) groups excluding carboxylic acids is 1. The fourth-order valence-electron chi connectivity index (χ4n) is 4.53. The summed E-state index contributed by atoms with van der Waals surface area (Å²) in [5, 5.41) is 0.422. The zero-order valence-electron chi connectivity index (χ0n) is 19.1. The fraction of sp³-hybridized carbons (Fsp3) is 0.385. The van der Waals surface area contributed by atoms with Crippen LogP contribution in [0.15, 0.2) is 45.6 Å². The zero-order chi connectivity index (χ0) is 23.0. The van der Waals surface area contributed by atoms with E-state index in [0.29, 0.717) is 23.1 Å². The summed E-state index contributed by atoms with van der Waals surface area (Å²) < 4.78 is 20.9. The molecule has 1 aliphatic heterocycles. The molecule has 0 N–H and O–H groups in total. The SMILES string of the molecule is CCN(CC)CCCN1C(=O)c2oc3cc(C)c(C)cc3c(=O)c2C1c1ccccc1F. The number of amides is 1. The van der Waals surface area contributed by atoms with Gasteiger partial charge in [-0.2, -0.15) is 0 Å². The van der Waals surface area contributed by atoms with Crippen LogP contribution in [0.25, 0.3) is 11.0 Å². The lowest BCUT2D eigenvalue weighted by molar-refractivity contribution is 0.0718. The molecule has 168 valence electrons. The molecule has 6 heteroatoms. The highest BCUT2D eigenvalue weighted by atomic mass is 19.1. The summed E-state index contributed by atoms with van der Waals surface area (Å²) in [7, 11) is 0. The van der Waals surface area contributed by atoms with Crippen molar-refractivity contribution >= 4 is 16.9 Å². The maximum Gasteiger partial charge on any atom is 0.290 e. The van der Waals surface area contributed by atoms with E-state index in [2.05, 4.69) is 18.7 Å². The Morgan fingerprint density at radius 3 is 2.44 bits per heavy atom. The molecule has 2 heterocycles. The second-order valence-electron chi connectivity index (χ2n) is 8.41. The second-order valence-corrected chi connectivity index (χ2v) is 8.41. The number of hydrogen-bond acceptors (Lipinski definition) is 4. The average Bonchev–Trinajstić information content (AvgIpc) is 3.05. The van der Waals surface area contributed by atoms with Gasteiger partial charge in [0, 0.05) is 12.1 Å². The van der Waals surface area contributed by atoms with Crippen LogP contribution in [0.4, 0.5) is 4.39 Å². The maximum atomic E-state index is 14.9. The third kappa shape index (κ3) is 3.73. The number of halogens is 1. The van der Waals surface area contributed by atoms with Crippen LogP contribution in [-0.2, 0) is 0 Å². The molecular formula is C26H29FN2O3. The van der Waals surface area contributed by atoms with Gasteiger partial charge in [0.15, 0.2) is 5.43 Å². The number of benzene rings is 2. The molecule has 1 aromatic heterocycles. The van der Waals surface area contributed by atoms with Crippen LogP contribution < -0.4 is 5.43 Å². The van der Waals surface area contributed by atoms with Crippen LogP contribution >= 0.6 is 0 Å². The van der Waals surface area contributed by atoms with Crippen LogP contribution in [-0.4, -0.2) is 41.9 Å². The lowest BCUT2D eigenvalue weighted by atomic mass is 9.97. The van der Waals surface area contributed by atoms with Crippen molar-refractivity contribution in [3.8, 4) is 0 Å². The van der Waals surface area contributed by atoms with Crippen molar-refractivity contribution in [2.24, 2.45) is 0 Å². The lowest BCUT2D eigenvalue weighted by Gasteiger charge is -2.26. The Morgan fingerprint density at radius 1 is 1.06 bits per heavy atom. The third-order valence-electron chi connectivity index (χ3n) is 6.55. The van der Waals surface area contributed by atoms with Gasteiger partial charge >= 0.3 is 0 Å². The number of fused-ring (bicyclic) bond motifs is 2. The van der Waals surface area contributed by atoms with Gasteiger partial charge in [0.2, 0.25) is 5.76 Å². The number of nitrogens with zero attached hydrogens (tertiary/aromatic N) is 2.